The van der Waals surface area contributed by atoms with Crippen molar-refractivity contribution in [3.05, 3.63) is 32.5 Å². The van der Waals surface area contributed by atoms with Gasteiger partial charge in [0.25, 0.3) is 0 Å². The van der Waals surface area contributed by atoms with E-state index in [4.69, 9.17) is 5.11 Å². The lowest BCUT2D eigenvalue weighted by atomic mass is 10.3. The third-order valence-corrected chi connectivity index (χ3v) is 1.79. The van der Waals surface area contributed by atoms with Crippen LogP contribution in [0.15, 0.2) is 16.6 Å². The summed E-state index contributed by atoms with van der Waals surface area (Å²) >= 11 is 2.76. The van der Waals surface area contributed by atoms with Crippen molar-refractivity contribution in [2.24, 2.45) is 0 Å². The number of nitrogens with zero attached hydrogens (tertiary/aromatic N) is 1. The Hall–Kier alpha value is -1.17. The van der Waals surface area contributed by atoms with E-state index in [0.29, 0.717) is 6.07 Å². The lowest BCUT2D eigenvalue weighted by molar-refractivity contribution is -0.388. The van der Waals surface area contributed by atoms with Gasteiger partial charge in [0, 0.05) is 12.1 Å². The largest absolute Gasteiger partial charge is 0.508 e. The molecule has 0 aliphatic rings. The molecule has 0 saturated carbocycles. The zero-order valence-electron chi connectivity index (χ0n) is 5.62. The first kappa shape index (κ1) is 8.92. The summed E-state index contributed by atoms with van der Waals surface area (Å²) in [5, 5.41) is 19.0. The zero-order valence-corrected chi connectivity index (χ0v) is 7.21. The second-order valence-corrected chi connectivity index (χ2v) is 2.87. The fraction of sp³-hybridized carbons (Fsp3) is 0. The summed E-state index contributed by atoms with van der Waals surface area (Å²) in [4.78, 5) is 9.35. The van der Waals surface area contributed by atoms with Gasteiger partial charge in [-0.05, 0) is 15.9 Å². The number of aromatic hydroxyl groups is 1. The molecule has 0 unspecified atom stereocenters. The Morgan fingerprint density at radius 2 is 2.17 bits per heavy atom. The van der Waals surface area contributed by atoms with Crippen molar-refractivity contribution < 1.29 is 14.4 Å². The number of phenolic OH excluding ortho intramolecular Hbond substituents is 1. The summed E-state index contributed by atoms with van der Waals surface area (Å²) in [7, 11) is 0. The van der Waals surface area contributed by atoms with Crippen molar-refractivity contribution in [2.75, 3.05) is 0 Å². The van der Waals surface area contributed by atoms with E-state index in [9.17, 15) is 14.5 Å². The van der Waals surface area contributed by atoms with E-state index in [-0.39, 0.29) is 10.2 Å². The normalized spacial score (nSPS) is 9.83. The van der Waals surface area contributed by atoms with Crippen molar-refractivity contribution in [1.29, 1.82) is 0 Å². The maximum Gasteiger partial charge on any atom is 0.319 e. The average molecular weight is 236 g/mol. The third kappa shape index (κ3) is 1.53. The van der Waals surface area contributed by atoms with Gasteiger partial charge in [-0.15, -0.1) is 0 Å². The fourth-order valence-electron chi connectivity index (χ4n) is 0.727. The van der Waals surface area contributed by atoms with Crippen LogP contribution in [0.25, 0.3) is 0 Å². The monoisotopic (exact) mass is 235 g/mol. The van der Waals surface area contributed by atoms with E-state index in [1.54, 1.807) is 0 Å². The highest BCUT2D eigenvalue weighted by Gasteiger charge is 2.19. The first-order valence-corrected chi connectivity index (χ1v) is 3.64. The highest BCUT2D eigenvalue weighted by molar-refractivity contribution is 9.10. The maximum absolute atomic E-state index is 12.7. The fourth-order valence-corrected chi connectivity index (χ4v) is 1.30. The van der Waals surface area contributed by atoms with E-state index >= 15 is 0 Å². The number of phenols is 1. The van der Waals surface area contributed by atoms with Gasteiger partial charge in [-0.2, -0.15) is 4.39 Å². The summed E-state index contributed by atoms with van der Waals surface area (Å²) < 4.78 is 12.7. The maximum atomic E-state index is 12.7. The molecule has 6 heteroatoms. The summed E-state index contributed by atoms with van der Waals surface area (Å²) in [6.07, 6.45) is 0. The Labute approximate surface area is 74.9 Å². The summed E-state index contributed by atoms with van der Waals surface area (Å²) in [6.45, 7) is 0. The number of nitro benzene ring substituents is 1. The molecule has 0 radical (unpaired) electrons. The molecular formula is C6H3BrFNO3. The van der Waals surface area contributed by atoms with E-state index in [2.05, 4.69) is 15.9 Å². The second-order valence-electron chi connectivity index (χ2n) is 2.02. The molecule has 1 aromatic carbocycles. The standard InChI is InChI=1S/C6H3BrFNO3/c7-4-1-3(10)2-5(8)6(4)9(11)12/h1-2,10H. The molecule has 0 amide bonds. The molecule has 0 heterocycles. The second kappa shape index (κ2) is 3.06. The van der Waals surface area contributed by atoms with Crippen LogP contribution in [-0.4, -0.2) is 10.0 Å². The number of hydrogen-bond acceptors (Lipinski definition) is 3. The van der Waals surface area contributed by atoms with Crippen LogP contribution < -0.4 is 0 Å². The van der Waals surface area contributed by atoms with Crippen LogP contribution in [0.5, 0.6) is 5.75 Å². The van der Waals surface area contributed by atoms with Gasteiger partial charge in [-0.3, -0.25) is 10.1 Å². The molecule has 4 nitrogen and oxygen atoms in total. The van der Waals surface area contributed by atoms with Gasteiger partial charge in [0.15, 0.2) is 0 Å². The molecule has 1 aromatic rings. The van der Waals surface area contributed by atoms with Crippen LogP contribution in [-0.2, 0) is 0 Å². The van der Waals surface area contributed by atoms with Gasteiger partial charge in [0.2, 0.25) is 5.82 Å². The molecule has 0 atom stereocenters. The molecule has 12 heavy (non-hydrogen) atoms. The predicted octanol–water partition coefficient (Wildman–Crippen LogP) is 2.20. The Bertz CT molecular complexity index is 319. The lowest BCUT2D eigenvalue weighted by Gasteiger charge is -1.97. The van der Waals surface area contributed by atoms with Gasteiger partial charge in [0.1, 0.15) is 10.2 Å². The Balaban J connectivity index is 3.38. The molecular weight excluding hydrogens is 233 g/mol. The SMILES string of the molecule is O=[N+]([O-])c1c(F)cc(O)cc1Br. The van der Waals surface area contributed by atoms with Crippen LogP contribution in [0.2, 0.25) is 0 Å². The highest BCUT2D eigenvalue weighted by atomic mass is 79.9. The number of benzene rings is 1. The lowest BCUT2D eigenvalue weighted by Crippen LogP contribution is -1.93. The third-order valence-electron chi connectivity index (χ3n) is 1.18. The first-order chi connectivity index (χ1) is 5.52. The molecule has 0 fully saturated rings. The molecule has 64 valence electrons. The van der Waals surface area contributed by atoms with Gasteiger partial charge in [-0.25, -0.2) is 0 Å². The Morgan fingerprint density at radius 1 is 1.58 bits per heavy atom. The van der Waals surface area contributed by atoms with Crippen molar-refractivity contribution in [1.82, 2.24) is 0 Å². The minimum atomic E-state index is -1.06. The number of rotatable bonds is 1. The van der Waals surface area contributed by atoms with E-state index in [0.717, 1.165) is 6.07 Å². The molecule has 0 spiro atoms. The van der Waals surface area contributed by atoms with Gasteiger partial charge < -0.3 is 5.11 Å². The molecule has 1 N–H and O–H groups in total. The van der Waals surface area contributed by atoms with E-state index in [1.807, 2.05) is 0 Å². The Kier molecular flexibility index (Phi) is 2.27. The topological polar surface area (TPSA) is 63.4 Å². The van der Waals surface area contributed by atoms with Gasteiger partial charge in [-0.1, -0.05) is 0 Å². The van der Waals surface area contributed by atoms with Gasteiger partial charge in [0.05, 0.1) is 4.92 Å². The Morgan fingerprint density at radius 3 is 2.58 bits per heavy atom. The van der Waals surface area contributed by atoms with Crippen molar-refractivity contribution in [3.63, 3.8) is 0 Å². The minimum absolute atomic E-state index is 0.0787. The summed E-state index contributed by atoms with van der Waals surface area (Å²) in [6, 6.07) is 1.74. The van der Waals surface area contributed by atoms with E-state index < -0.39 is 16.4 Å². The number of nitro groups is 1. The molecule has 0 bridgehead atoms. The number of halogens is 2. The molecule has 1 rings (SSSR count). The average Bonchev–Trinajstić information content (AvgIpc) is 1.82. The predicted molar refractivity (Wildman–Crippen MR) is 42.4 cm³/mol. The van der Waals surface area contributed by atoms with Crippen LogP contribution in [0.3, 0.4) is 0 Å². The van der Waals surface area contributed by atoms with E-state index in [1.165, 1.54) is 0 Å². The van der Waals surface area contributed by atoms with Crippen LogP contribution in [0.4, 0.5) is 10.1 Å². The van der Waals surface area contributed by atoms with Crippen LogP contribution >= 0.6 is 15.9 Å². The van der Waals surface area contributed by atoms with Crippen molar-refractivity contribution in [2.45, 2.75) is 0 Å². The smallest absolute Gasteiger partial charge is 0.319 e. The van der Waals surface area contributed by atoms with Crippen molar-refractivity contribution >= 4 is 21.6 Å². The first-order valence-electron chi connectivity index (χ1n) is 2.85. The minimum Gasteiger partial charge on any atom is -0.508 e. The number of hydrogen-bond donors (Lipinski definition) is 1. The molecule has 0 aliphatic heterocycles. The van der Waals surface area contributed by atoms with Gasteiger partial charge >= 0.3 is 5.69 Å². The summed E-state index contributed by atoms with van der Waals surface area (Å²) in [5.74, 6) is -1.42. The van der Waals surface area contributed by atoms with Crippen LogP contribution in [0.1, 0.15) is 0 Å². The highest BCUT2D eigenvalue weighted by Crippen LogP contribution is 2.31. The quantitative estimate of drug-likeness (QED) is 0.600. The van der Waals surface area contributed by atoms with Crippen LogP contribution in [0, 0.1) is 15.9 Å². The zero-order chi connectivity index (χ0) is 9.30. The summed E-state index contributed by atoms with van der Waals surface area (Å²) in [5.41, 5.74) is -0.673. The molecule has 0 saturated heterocycles. The van der Waals surface area contributed by atoms with Crippen molar-refractivity contribution in [3.8, 4) is 5.75 Å². The molecule has 0 aromatic heterocycles. The molecule has 0 aliphatic carbocycles.